The summed E-state index contributed by atoms with van der Waals surface area (Å²) in [6, 6.07) is 6.41. The Morgan fingerprint density at radius 3 is 3.06 bits per heavy atom. The first-order chi connectivity index (χ1) is 8.20. The van der Waals surface area contributed by atoms with Crippen molar-refractivity contribution in [2.45, 2.75) is 13.0 Å². The number of likely N-dealkylation sites (N-methyl/N-ethyl adjacent to an activating group) is 1. The number of aromatic nitrogens is 1. The summed E-state index contributed by atoms with van der Waals surface area (Å²) >= 11 is 6.08. The SMILES string of the molecule is CNCC1COc2cc(Cl)cc3cc(C)n1c23. The zero-order valence-corrected chi connectivity index (χ0v) is 10.7. The van der Waals surface area contributed by atoms with Crippen LogP contribution in [0.5, 0.6) is 5.75 Å². The summed E-state index contributed by atoms with van der Waals surface area (Å²) in [5.41, 5.74) is 2.42. The lowest BCUT2D eigenvalue weighted by atomic mass is 10.2. The standard InChI is InChI=1S/C13H15ClN2O/c1-8-3-9-4-10(14)5-12-13(9)16(8)11(6-15-2)7-17-12/h3-5,11,15H,6-7H2,1-2H3. The van der Waals surface area contributed by atoms with Gasteiger partial charge in [0.1, 0.15) is 12.4 Å². The molecule has 0 fully saturated rings. The molecule has 90 valence electrons. The molecule has 0 aliphatic carbocycles. The second kappa shape index (κ2) is 3.93. The smallest absolute Gasteiger partial charge is 0.145 e. The third-order valence-corrected chi connectivity index (χ3v) is 3.51. The zero-order valence-electron chi connectivity index (χ0n) is 9.96. The van der Waals surface area contributed by atoms with Gasteiger partial charge in [-0.05, 0) is 26.1 Å². The Morgan fingerprint density at radius 2 is 2.29 bits per heavy atom. The maximum Gasteiger partial charge on any atom is 0.145 e. The zero-order chi connectivity index (χ0) is 12.0. The maximum atomic E-state index is 6.08. The van der Waals surface area contributed by atoms with Crippen LogP contribution in [-0.2, 0) is 0 Å². The van der Waals surface area contributed by atoms with Crippen LogP contribution >= 0.6 is 11.6 Å². The highest BCUT2D eigenvalue weighted by molar-refractivity contribution is 6.31. The Hall–Kier alpha value is -1.19. The third kappa shape index (κ3) is 1.61. The quantitative estimate of drug-likeness (QED) is 0.887. The van der Waals surface area contributed by atoms with E-state index < -0.39 is 0 Å². The molecule has 17 heavy (non-hydrogen) atoms. The molecule has 1 atom stereocenters. The van der Waals surface area contributed by atoms with Gasteiger partial charge in [-0.25, -0.2) is 0 Å². The largest absolute Gasteiger partial charge is 0.489 e. The molecule has 3 rings (SSSR count). The number of hydrogen-bond acceptors (Lipinski definition) is 2. The molecule has 2 aromatic rings. The Bertz CT molecular complexity index is 576. The second-order valence-electron chi connectivity index (χ2n) is 4.52. The minimum Gasteiger partial charge on any atom is -0.489 e. The van der Waals surface area contributed by atoms with Crippen molar-refractivity contribution in [3.8, 4) is 5.75 Å². The Morgan fingerprint density at radius 1 is 1.47 bits per heavy atom. The third-order valence-electron chi connectivity index (χ3n) is 3.29. The molecule has 0 spiro atoms. The van der Waals surface area contributed by atoms with Crippen LogP contribution in [0.15, 0.2) is 18.2 Å². The summed E-state index contributed by atoms with van der Waals surface area (Å²) in [6.45, 7) is 3.73. The fourth-order valence-electron chi connectivity index (χ4n) is 2.66. The Balaban J connectivity index is 2.26. The van der Waals surface area contributed by atoms with Crippen molar-refractivity contribution in [2.75, 3.05) is 20.2 Å². The van der Waals surface area contributed by atoms with Gasteiger partial charge in [0.2, 0.25) is 0 Å². The molecule has 0 amide bonds. The van der Waals surface area contributed by atoms with E-state index in [0.29, 0.717) is 12.6 Å². The second-order valence-corrected chi connectivity index (χ2v) is 4.96. The molecule has 2 heterocycles. The predicted octanol–water partition coefficient (Wildman–Crippen LogP) is 2.76. The molecule has 1 aromatic carbocycles. The molecule has 1 aliphatic rings. The van der Waals surface area contributed by atoms with Gasteiger partial charge >= 0.3 is 0 Å². The molecule has 0 radical (unpaired) electrons. The van der Waals surface area contributed by atoms with Crippen LogP contribution in [-0.4, -0.2) is 24.8 Å². The van der Waals surface area contributed by atoms with Crippen molar-refractivity contribution in [2.24, 2.45) is 0 Å². The number of ether oxygens (including phenoxy) is 1. The van der Waals surface area contributed by atoms with Gasteiger partial charge in [0.05, 0.1) is 11.6 Å². The molecule has 1 unspecified atom stereocenters. The summed E-state index contributed by atoms with van der Waals surface area (Å²) in [5, 5.41) is 5.10. The molecule has 0 bridgehead atoms. The van der Waals surface area contributed by atoms with Crippen LogP contribution < -0.4 is 10.1 Å². The van der Waals surface area contributed by atoms with Crippen LogP contribution in [0.4, 0.5) is 0 Å². The summed E-state index contributed by atoms with van der Waals surface area (Å²) in [5.74, 6) is 0.896. The fourth-order valence-corrected chi connectivity index (χ4v) is 2.88. The minimum absolute atomic E-state index is 0.353. The van der Waals surface area contributed by atoms with E-state index in [2.05, 4.69) is 22.9 Å². The summed E-state index contributed by atoms with van der Waals surface area (Å²) in [4.78, 5) is 0. The average Bonchev–Trinajstić information content (AvgIpc) is 2.60. The Kier molecular flexibility index (Phi) is 2.53. The highest BCUT2D eigenvalue weighted by Crippen LogP contribution is 2.37. The van der Waals surface area contributed by atoms with Crippen molar-refractivity contribution in [1.82, 2.24) is 9.88 Å². The van der Waals surface area contributed by atoms with Crippen molar-refractivity contribution in [3.63, 3.8) is 0 Å². The molecule has 4 heteroatoms. The van der Waals surface area contributed by atoms with Gasteiger partial charge in [0.15, 0.2) is 0 Å². The van der Waals surface area contributed by atoms with E-state index in [9.17, 15) is 0 Å². The highest BCUT2D eigenvalue weighted by Gasteiger charge is 2.24. The van der Waals surface area contributed by atoms with Gasteiger partial charge in [-0.3, -0.25) is 0 Å². The Labute approximate surface area is 105 Å². The van der Waals surface area contributed by atoms with Gasteiger partial charge in [-0.2, -0.15) is 0 Å². The normalized spacial score (nSPS) is 18.4. The average molecular weight is 251 g/mol. The summed E-state index contributed by atoms with van der Waals surface area (Å²) in [6.07, 6.45) is 0. The van der Waals surface area contributed by atoms with E-state index in [1.54, 1.807) is 0 Å². The van der Waals surface area contributed by atoms with Gasteiger partial charge in [0, 0.05) is 28.7 Å². The van der Waals surface area contributed by atoms with Crippen LogP contribution in [0.1, 0.15) is 11.7 Å². The van der Waals surface area contributed by atoms with E-state index in [4.69, 9.17) is 16.3 Å². The molecule has 1 aromatic heterocycles. The molecule has 0 saturated heterocycles. The van der Waals surface area contributed by atoms with Gasteiger partial charge < -0.3 is 14.6 Å². The number of aryl methyl sites for hydroxylation is 1. The predicted molar refractivity (Wildman–Crippen MR) is 70.1 cm³/mol. The van der Waals surface area contributed by atoms with Crippen molar-refractivity contribution in [3.05, 3.63) is 28.9 Å². The highest BCUT2D eigenvalue weighted by atomic mass is 35.5. The lowest BCUT2D eigenvalue weighted by Crippen LogP contribution is -2.30. The molecule has 0 saturated carbocycles. The number of rotatable bonds is 2. The van der Waals surface area contributed by atoms with E-state index >= 15 is 0 Å². The number of hydrogen-bond donors (Lipinski definition) is 1. The maximum absolute atomic E-state index is 6.08. The molecule has 3 nitrogen and oxygen atoms in total. The number of nitrogens with one attached hydrogen (secondary N) is 1. The number of halogens is 1. The first-order valence-electron chi connectivity index (χ1n) is 5.79. The molecule has 1 aliphatic heterocycles. The molecular formula is C13H15ClN2O. The van der Waals surface area contributed by atoms with Crippen molar-refractivity contribution in [1.29, 1.82) is 0 Å². The van der Waals surface area contributed by atoms with E-state index in [-0.39, 0.29) is 0 Å². The monoisotopic (exact) mass is 250 g/mol. The molecular weight excluding hydrogens is 236 g/mol. The summed E-state index contributed by atoms with van der Waals surface area (Å²) < 4.78 is 8.16. The van der Waals surface area contributed by atoms with Crippen molar-refractivity contribution >= 4 is 22.5 Å². The van der Waals surface area contributed by atoms with Crippen LogP contribution in [0.25, 0.3) is 10.9 Å². The van der Waals surface area contributed by atoms with Gasteiger partial charge in [0.25, 0.3) is 0 Å². The van der Waals surface area contributed by atoms with Crippen molar-refractivity contribution < 1.29 is 4.74 Å². The fraction of sp³-hybridized carbons (Fsp3) is 0.385. The summed E-state index contributed by atoms with van der Waals surface area (Å²) in [7, 11) is 1.97. The minimum atomic E-state index is 0.353. The first kappa shape index (κ1) is 10.9. The lowest BCUT2D eigenvalue weighted by Gasteiger charge is -2.27. The number of benzene rings is 1. The van der Waals surface area contributed by atoms with E-state index in [1.807, 2.05) is 19.2 Å². The first-order valence-corrected chi connectivity index (χ1v) is 6.17. The van der Waals surface area contributed by atoms with Crippen LogP contribution in [0, 0.1) is 6.92 Å². The van der Waals surface area contributed by atoms with Gasteiger partial charge in [-0.1, -0.05) is 11.6 Å². The van der Waals surface area contributed by atoms with Crippen LogP contribution in [0.3, 0.4) is 0 Å². The van der Waals surface area contributed by atoms with Gasteiger partial charge in [-0.15, -0.1) is 0 Å². The number of nitrogens with zero attached hydrogens (tertiary/aromatic N) is 1. The van der Waals surface area contributed by atoms with E-state index in [1.165, 1.54) is 11.2 Å². The van der Waals surface area contributed by atoms with E-state index in [0.717, 1.165) is 22.7 Å². The lowest BCUT2D eigenvalue weighted by molar-refractivity contribution is 0.233. The topological polar surface area (TPSA) is 26.2 Å². The molecule has 1 N–H and O–H groups in total. The van der Waals surface area contributed by atoms with Crippen LogP contribution in [0.2, 0.25) is 5.02 Å².